The summed E-state index contributed by atoms with van der Waals surface area (Å²) in [6.45, 7) is 0.0179. The zero-order valence-corrected chi connectivity index (χ0v) is 7.16. The molecule has 0 unspecified atom stereocenters. The van der Waals surface area contributed by atoms with Crippen molar-refractivity contribution in [1.29, 1.82) is 0 Å². The van der Waals surface area contributed by atoms with Gasteiger partial charge >= 0.3 is 6.09 Å². The molecule has 0 N–H and O–H groups in total. The zero-order chi connectivity index (χ0) is 9.80. The van der Waals surface area contributed by atoms with E-state index in [2.05, 4.69) is 9.97 Å². The molecule has 2 aromatic rings. The van der Waals surface area contributed by atoms with Gasteiger partial charge in [-0.05, 0) is 0 Å². The average Bonchev–Trinajstić information content (AvgIpc) is 2.87. The maximum Gasteiger partial charge on any atom is 0.419 e. The van der Waals surface area contributed by atoms with Crippen molar-refractivity contribution in [2.24, 2.45) is 0 Å². The molecule has 0 saturated heterocycles. The summed E-state index contributed by atoms with van der Waals surface area (Å²) >= 11 is 0. The number of imidazole rings is 1. The molecular formula is C8H7N3O3. The predicted molar refractivity (Wildman–Crippen MR) is 44.3 cm³/mol. The highest BCUT2D eigenvalue weighted by Crippen LogP contribution is 1.98. The third kappa shape index (κ3) is 1.79. The fraction of sp³-hybridized carbons (Fsp3) is 0.125. The first kappa shape index (κ1) is 8.49. The number of hydrogen-bond donors (Lipinski definition) is 0. The maximum atomic E-state index is 11.2. The van der Waals surface area contributed by atoms with E-state index in [1.807, 2.05) is 0 Å². The van der Waals surface area contributed by atoms with E-state index in [4.69, 9.17) is 9.15 Å². The standard InChI is InChI=1S/C8H7N3O3/c12-8(11-3-1-9-6-11)14-5-7-10-2-4-13-7/h1-4,6H,5H2. The lowest BCUT2D eigenvalue weighted by atomic mass is 10.7. The second-order valence-electron chi connectivity index (χ2n) is 2.45. The Labute approximate surface area is 79.1 Å². The van der Waals surface area contributed by atoms with Gasteiger partial charge in [-0.25, -0.2) is 19.3 Å². The van der Waals surface area contributed by atoms with Crippen LogP contribution in [0.3, 0.4) is 0 Å². The fourth-order valence-corrected chi connectivity index (χ4v) is 0.889. The first-order valence-electron chi connectivity index (χ1n) is 3.90. The Morgan fingerprint density at radius 2 is 2.50 bits per heavy atom. The molecule has 72 valence electrons. The summed E-state index contributed by atoms with van der Waals surface area (Å²) in [6, 6.07) is 0. The van der Waals surface area contributed by atoms with Crippen LogP contribution in [0.5, 0.6) is 0 Å². The number of oxazole rings is 1. The smallest absolute Gasteiger partial charge is 0.419 e. The van der Waals surface area contributed by atoms with Crippen LogP contribution in [0.4, 0.5) is 4.79 Å². The molecule has 0 aliphatic carbocycles. The molecule has 0 saturated carbocycles. The van der Waals surface area contributed by atoms with Crippen LogP contribution >= 0.6 is 0 Å². The largest absolute Gasteiger partial charge is 0.446 e. The van der Waals surface area contributed by atoms with Crippen LogP contribution in [-0.2, 0) is 11.3 Å². The normalized spacial score (nSPS) is 10.0. The Hall–Kier alpha value is -2.11. The van der Waals surface area contributed by atoms with Gasteiger partial charge in [0.1, 0.15) is 12.6 Å². The third-order valence-electron chi connectivity index (χ3n) is 1.52. The molecule has 0 aliphatic rings. The van der Waals surface area contributed by atoms with Crippen molar-refractivity contribution in [1.82, 2.24) is 14.5 Å². The zero-order valence-electron chi connectivity index (χ0n) is 7.16. The molecule has 0 fully saturated rings. The summed E-state index contributed by atoms with van der Waals surface area (Å²) in [5, 5.41) is 0. The molecule has 14 heavy (non-hydrogen) atoms. The van der Waals surface area contributed by atoms with Crippen LogP contribution in [-0.4, -0.2) is 20.6 Å². The van der Waals surface area contributed by atoms with Gasteiger partial charge in [-0.3, -0.25) is 0 Å². The van der Waals surface area contributed by atoms with Crippen LogP contribution in [0, 0.1) is 0 Å². The summed E-state index contributed by atoms with van der Waals surface area (Å²) in [5.74, 6) is 0.360. The number of hydrogen-bond acceptors (Lipinski definition) is 5. The first-order valence-corrected chi connectivity index (χ1v) is 3.90. The van der Waals surface area contributed by atoms with Crippen LogP contribution < -0.4 is 0 Å². The van der Waals surface area contributed by atoms with Crippen molar-refractivity contribution in [2.45, 2.75) is 6.61 Å². The molecule has 0 atom stereocenters. The minimum Gasteiger partial charge on any atom is -0.446 e. The highest BCUT2D eigenvalue weighted by molar-refractivity contribution is 5.69. The number of rotatable bonds is 2. The van der Waals surface area contributed by atoms with E-state index in [1.165, 1.54) is 35.7 Å². The van der Waals surface area contributed by atoms with Crippen molar-refractivity contribution in [3.8, 4) is 0 Å². The molecule has 6 heteroatoms. The van der Waals surface area contributed by atoms with Crippen molar-refractivity contribution < 1.29 is 13.9 Å². The molecule has 2 rings (SSSR count). The van der Waals surface area contributed by atoms with Gasteiger partial charge in [-0.15, -0.1) is 0 Å². The second kappa shape index (κ2) is 3.73. The van der Waals surface area contributed by atoms with Gasteiger partial charge in [0.15, 0.2) is 6.61 Å². The number of aromatic nitrogens is 3. The number of ether oxygens (including phenoxy) is 1. The topological polar surface area (TPSA) is 70.2 Å². The molecule has 0 radical (unpaired) electrons. The van der Waals surface area contributed by atoms with E-state index in [1.54, 1.807) is 0 Å². The van der Waals surface area contributed by atoms with E-state index in [-0.39, 0.29) is 6.61 Å². The molecule has 0 aromatic carbocycles. The molecule has 2 heterocycles. The van der Waals surface area contributed by atoms with Gasteiger partial charge in [0.05, 0.1) is 6.20 Å². The molecule has 0 aliphatic heterocycles. The van der Waals surface area contributed by atoms with Gasteiger partial charge in [0, 0.05) is 12.4 Å². The first-order chi connectivity index (χ1) is 6.86. The molecule has 2 aromatic heterocycles. The lowest BCUT2D eigenvalue weighted by Crippen LogP contribution is -2.11. The number of nitrogens with zero attached hydrogens (tertiary/aromatic N) is 3. The Morgan fingerprint density at radius 3 is 3.14 bits per heavy atom. The average molecular weight is 193 g/mol. The van der Waals surface area contributed by atoms with Crippen molar-refractivity contribution >= 4 is 6.09 Å². The van der Waals surface area contributed by atoms with Crippen molar-refractivity contribution in [3.63, 3.8) is 0 Å². The second-order valence-corrected chi connectivity index (χ2v) is 2.45. The minimum absolute atomic E-state index is 0.0179. The van der Waals surface area contributed by atoms with Crippen molar-refractivity contribution in [3.05, 3.63) is 37.1 Å². The highest BCUT2D eigenvalue weighted by Gasteiger charge is 2.06. The van der Waals surface area contributed by atoms with Gasteiger partial charge in [0.2, 0.25) is 5.89 Å². The van der Waals surface area contributed by atoms with Gasteiger partial charge in [0.25, 0.3) is 0 Å². The Bertz CT molecular complexity index is 393. The van der Waals surface area contributed by atoms with Crippen LogP contribution in [0.2, 0.25) is 0 Å². The van der Waals surface area contributed by atoms with Gasteiger partial charge in [-0.1, -0.05) is 0 Å². The molecule has 0 amide bonds. The summed E-state index contributed by atoms with van der Waals surface area (Å²) in [6.07, 6.45) is 6.74. The van der Waals surface area contributed by atoms with Crippen LogP contribution in [0.15, 0.2) is 35.6 Å². The fourth-order valence-electron chi connectivity index (χ4n) is 0.889. The van der Waals surface area contributed by atoms with E-state index in [0.717, 1.165) is 0 Å². The SMILES string of the molecule is O=C(OCc1ncco1)n1ccnc1. The Kier molecular flexibility index (Phi) is 2.26. The third-order valence-corrected chi connectivity index (χ3v) is 1.52. The maximum absolute atomic E-state index is 11.2. The van der Waals surface area contributed by atoms with Crippen LogP contribution in [0.25, 0.3) is 0 Å². The van der Waals surface area contributed by atoms with E-state index in [0.29, 0.717) is 5.89 Å². The molecule has 0 bridgehead atoms. The van der Waals surface area contributed by atoms with Crippen LogP contribution in [0.1, 0.15) is 5.89 Å². The summed E-state index contributed by atoms with van der Waals surface area (Å²) in [7, 11) is 0. The quantitative estimate of drug-likeness (QED) is 0.713. The Morgan fingerprint density at radius 1 is 1.57 bits per heavy atom. The molecule has 0 spiro atoms. The minimum atomic E-state index is -0.513. The molecular weight excluding hydrogens is 186 g/mol. The lowest BCUT2D eigenvalue weighted by molar-refractivity contribution is 0.130. The van der Waals surface area contributed by atoms with Gasteiger partial charge < -0.3 is 9.15 Å². The summed E-state index contributed by atoms with van der Waals surface area (Å²) in [4.78, 5) is 18.7. The van der Waals surface area contributed by atoms with E-state index < -0.39 is 6.09 Å². The summed E-state index contributed by atoms with van der Waals surface area (Å²) < 4.78 is 11.0. The Balaban J connectivity index is 1.90. The molecule has 6 nitrogen and oxygen atoms in total. The highest BCUT2D eigenvalue weighted by atomic mass is 16.6. The van der Waals surface area contributed by atoms with Crippen molar-refractivity contribution in [2.75, 3.05) is 0 Å². The van der Waals surface area contributed by atoms with Gasteiger partial charge in [-0.2, -0.15) is 0 Å². The summed E-state index contributed by atoms with van der Waals surface area (Å²) in [5.41, 5.74) is 0. The number of carbonyl (C=O) groups is 1. The van der Waals surface area contributed by atoms with E-state index >= 15 is 0 Å². The number of carbonyl (C=O) groups excluding carboxylic acids is 1. The monoisotopic (exact) mass is 193 g/mol. The lowest BCUT2D eigenvalue weighted by Gasteiger charge is -2.00. The van der Waals surface area contributed by atoms with E-state index in [9.17, 15) is 4.79 Å². The predicted octanol–water partition coefficient (Wildman–Crippen LogP) is 1.06.